The van der Waals surface area contributed by atoms with Crippen LogP contribution in [0.15, 0.2) is 52.0 Å². The Bertz CT molecular complexity index is 469. The first-order valence-electron chi connectivity index (χ1n) is 6.42. The fourth-order valence-corrected chi connectivity index (χ4v) is 2.84. The maximum atomic E-state index is 12.8. The second kappa shape index (κ2) is 7.36. The summed E-state index contributed by atoms with van der Waals surface area (Å²) in [7, 11) is 0. The molecule has 1 aromatic heterocycles. The molecule has 1 N–H and O–H groups in total. The van der Waals surface area contributed by atoms with Gasteiger partial charge in [-0.15, -0.1) is 11.8 Å². The Morgan fingerprint density at radius 3 is 2.68 bits per heavy atom. The van der Waals surface area contributed by atoms with Crippen LogP contribution in [0.3, 0.4) is 0 Å². The van der Waals surface area contributed by atoms with E-state index in [-0.39, 0.29) is 5.82 Å². The molecule has 0 aliphatic carbocycles. The van der Waals surface area contributed by atoms with E-state index in [0.29, 0.717) is 6.04 Å². The van der Waals surface area contributed by atoms with Crippen LogP contribution in [0.4, 0.5) is 4.39 Å². The summed E-state index contributed by atoms with van der Waals surface area (Å²) in [6.07, 6.45) is 2.57. The molecule has 0 amide bonds. The first-order chi connectivity index (χ1) is 9.28. The van der Waals surface area contributed by atoms with Gasteiger partial charge in [-0.2, -0.15) is 0 Å². The van der Waals surface area contributed by atoms with Gasteiger partial charge in [0.25, 0.3) is 0 Å². The molecule has 0 fully saturated rings. The van der Waals surface area contributed by atoms with Crippen LogP contribution in [-0.2, 0) is 6.42 Å². The highest BCUT2D eigenvalue weighted by Gasteiger charge is 2.10. The maximum absolute atomic E-state index is 12.8. The molecule has 0 saturated heterocycles. The molecule has 0 radical (unpaired) electrons. The highest BCUT2D eigenvalue weighted by Crippen LogP contribution is 2.20. The Kier molecular flexibility index (Phi) is 5.48. The van der Waals surface area contributed by atoms with E-state index in [1.807, 2.05) is 24.3 Å². The SMILES string of the molecule is CCNC(CSc1ccc(F)cc1)Cc1ccco1. The fraction of sp³-hybridized carbons (Fsp3) is 0.333. The van der Waals surface area contributed by atoms with Crippen molar-refractivity contribution >= 4 is 11.8 Å². The van der Waals surface area contributed by atoms with Gasteiger partial charge in [-0.25, -0.2) is 4.39 Å². The number of halogens is 1. The van der Waals surface area contributed by atoms with Crippen LogP contribution in [0, 0.1) is 5.82 Å². The number of thioether (sulfide) groups is 1. The lowest BCUT2D eigenvalue weighted by Gasteiger charge is -2.16. The molecule has 1 atom stereocenters. The van der Waals surface area contributed by atoms with Gasteiger partial charge in [0.15, 0.2) is 0 Å². The molecule has 0 aliphatic heterocycles. The van der Waals surface area contributed by atoms with Gasteiger partial charge in [0.2, 0.25) is 0 Å². The molecule has 2 rings (SSSR count). The summed E-state index contributed by atoms with van der Waals surface area (Å²) >= 11 is 1.73. The fourth-order valence-electron chi connectivity index (χ4n) is 1.88. The molecule has 0 spiro atoms. The van der Waals surface area contributed by atoms with Crippen LogP contribution >= 0.6 is 11.8 Å². The number of benzene rings is 1. The summed E-state index contributed by atoms with van der Waals surface area (Å²) in [5.74, 6) is 1.73. The second-order valence-corrected chi connectivity index (χ2v) is 5.40. The molecule has 4 heteroatoms. The van der Waals surface area contributed by atoms with Crippen molar-refractivity contribution in [1.82, 2.24) is 5.32 Å². The zero-order valence-corrected chi connectivity index (χ0v) is 11.8. The van der Waals surface area contributed by atoms with E-state index in [1.54, 1.807) is 18.0 Å². The summed E-state index contributed by atoms with van der Waals surface area (Å²) in [4.78, 5) is 1.09. The van der Waals surface area contributed by atoms with E-state index in [4.69, 9.17) is 4.42 Å². The van der Waals surface area contributed by atoms with Gasteiger partial charge in [-0.3, -0.25) is 0 Å². The van der Waals surface area contributed by atoms with E-state index in [2.05, 4.69) is 12.2 Å². The molecule has 19 heavy (non-hydrogen) atoms. The normalized spacial score (nSPS) is 12.5. The van der Waals surface area contributed by atoms with Crippen molar-refractivity contribution in [3.63, 3.8) is 0 Å². The van der Waals surface area contributed by atoms with Gasteiger partial charge in [0.05, 0.1) is 6.26 Å². The van der Waals surface area contributed by atoms with Gasteiger partial charge in [-0.05, 0) is 42.9 Å². The Morgan fingerprint density at radius 1 is 1.26 bits per heavy atom. The average molecular weight is 279 g/mol. The number of rotatable bonds is 7. The lowest BCUT2D eigenvalue weighted by molar-refractivity contribution is 0.465. The smallest absolute Gasteiger partial charge is 0.123 e. The first kappa shape index (κ1) is 14.2. The summed E-state index contributed by atoms with van der Waals surface area (Å²) in [5.41, 5.74) is 0. The molecule has 2 aromatic rings. The molecule has 2 nitrogen and oxygen atoms in total. The molecule has 102 valence electrons. The minimum Gasteiger partial charge on any atom is -0.469 e. The lowest BCUT2D eigenvalue weighted by atomic mass is 10.2. The van der Waals surface area contributed by atoms with Crippen molar-refractivity contribution in [3.05, 3.63) is 54.2 Å². The van der Waals surface area contributed by atoms with Gasteiger partial charge in [0.1, 0.15) is 11.6 Å². The van der Waals surface area contributed by atoms with Crippen molar-refractivity contribution in [2.24, 2.45) is 0 Å². The van der Waals surface area contributed by atoms with Gasteiger partial charge in [0, 0.05) is 23.1 Å². The van der Waals surface area contributed by atoms with E-state index in [9.17, 15) is 4.39 Å². The predicted octanol–water partition coefficient (Wildman–Crippen LogP) is 3.73. The van der Waals surface area contributed by atoms with Crippen molar-refractivity contribution in [3.8, 4) is 0 Å². The monoisotopic (exact) mass is 279 g/mol. The van der Waals surface area contributed by atoms with Crippen LogP contribution in [0.2, 0.25) is 0 Å². The predicted molar refractivity (Wildman–Crippen MR) is 77.0 cm³/mol. The third-order valence-electron chi connectivity index (χ3n) is 2.79. The number of hydrogen-bond acceptors (Lipinski definition) is 3. The van der Waals surface area contributed by atoms with Crippen LogP contribution in [-0.4, -0.2) is 18.3 Å². The highest BCUT2D eigenvalue weighted by molar-refractivity contribution is 7.99. The molecule has 1 aromatic carbocycles. The summed E-state index contributed by atoms with van der Waals surface area (Å²) in [5, 5.41) is 3.45. The first-order valence-corrected chi connectivity index (χ1v) is 7.40. The number of nitrogens with one attached hydrogen (secondary N) is 1. The number of likely N-dealkylation sites (N-methyl/N-ethyl adjacent to an activating group) is 1. The minimum atomic E-state index is -0.192. The lowest BCUT2D eigenvalue weighted by Crippen LogP contribution is -2.33. The Labute approximate surface area is 117 Å². The van der Waals surface area contributed by atoms with Gasteiger partial charge in [-0.1, -0.05) is 6.92 Å². The van der Waals surface area contributed by atoms with E-state index < -0.39 is 0 Å². The maximum Gasteiger partial charge on any atom is 0.123 e. The third kappa shape index (κ3) is 4.73. The summed E-state index contributed by atoms with van der Waals surface area (Å²) < 4.78 is 18.2. The Hall–Kier alpha value is -1.26. The van der Waals surface area contributed by atoms with E-state index in [1.165, 1.54) is 12.1 Å². The zero-order valence-electron chi connectivity index (χ0n) is 10.9. The number of furan rings is 1. The van der Waals surface area contributed by atoms with Crippen LogP contribution in [0.5, 0.6) is 0 Å². The van der Waals surface area contributed by atoms with Crippen molar-refractivity contribution in [2.75, 3.05) is 12.3 Å². The van der Waals surface area contributed by atoms with Crippen LogP contribution in [0.25, 0.3) is 0 Å². The largest absolute Gasteiger partial charge is 0.469 e. The van der Waals surface area contributed by atoms with Gasteiger partial charge >= 0.3 is 0 Å². The van der Waals surface area contributed by atoms with Crippen molar-refractivity contribution in [2.45, 2.75) is 24.3 Å². The Balaban J connectivity index is 1.87. The molecular weight excluding hydrogens is 261 g/mol. The molecular formula is C15H18FNOS. The van der Waals surface area contributed by atoms with Crippen LogP contribution in [0.1, 0.15) is 12.7 Å². The second-order valence-electron chi connectivity index (χ2n) is 4.30. The molecule has 0 saturated carbocycles. The topological polar surface area (TPSA) is 25.2 Å². The zero-order chi connectivity index (χ0) is 13.5. The molecule has 0 bridgehead atoms. The Morgan fingerprint density at radius 2 is 2.05 bits per heavy atom. The van der Waals surface area contributed by atoms with E-state index >= 15 is 0 Å². The summed E-state index contributed by atoms with van der Waals surface area (Å²) in [6, 6.07) is 10.9. The molecule has 1 heterocycles. The molecule has 1 unspecified atom stereocenters. The average Bonchev–Trinajstić information content (AvgIpc) is 2.91. The van der Waals surface area contributed by atoms with E-state index in [0.717, 1.165) is 29.4 Å². The van der Waals surface area contributed by atoms with Crippen molar-refractivity contribution < 1.29 is 8.81 Å². The van der Waals surface area contributed by atoms with Crippen molar-refractivity contribution in [1.29, 1.82) is 0 Å². The third-order valence-corrected chi connectivity index (χ3v) is 3.96. The van der Waals surface area contributed by atoms with Gasteiger partial charge < -0.3 is 9.73 Å². The van der Waals surface area contributed by atoms with Crippen LogP contribution < -0.4 is 5.32 Å². The number of hydrogen-bond donors (Lipinski definition) is 1. The summed E-state index contributed by atoms with van der Waals surface area (Å²) in [6.45, 7) is 3.02. The highest BCUT2D eigenvalue weighted by atomic mass is 32.2. The quantitative estimate of drug-likeness (QED) is 0.782. The minimum absolute atomic E-state index is 0.192. The standard InChI is InChI=1S/C15H18FNOS/c1-2-17-13(10-14-4-3-9-18-14)11-19-15-7-5-12(16)6-8-15/h3-9,13,17H,2,10-11H2,1H3. The molecule has 0 aliphatic rings.